The van der Waals surface area contributed by atoms with Crippen molar-refractivity contribution >= 4 is 17.1 Å². The topological polar surface area (TPSA) is 131 Å². The lowest BCUT2D eigenvalue weighted by atomic mass is 9.87. The SMILES string of the molecule is CCn1c(-c2cnc(C)nc2)nc2c(O[C@@H]3CC[C@@H](C4CC(C(N)=O)CCO4)C3)ncnc21. The molecule has 174 valence electrons. The number of rotatable bonds is 6. The maximum absolute atomic E-state index is 11.6. The predicted octanol–water partition coefficient (Wildman–Crippen LogP) is 2.44. The van der Waals surface area contributed by atoms with Gasteiger partial charge in [-0.25, -0.2) is 19.9 Å². The Kier molecular flexibility index (Phi) is 5.92. The number of nitrogens with zero attached hydrogens (tertiary/aromatic N) is 6. The second-order valence-electron chi connectivity index (χ2n) is 8.90. The van der Waals surface area contributed by atoms with Crippen molar-refractivity contribution in [2.75, 3.05) is 6.61 Å². The minimum atomic E-state index is -0.223. The summed E-state index contributed by atoms with van der Waals surface area (Å²) >= 11 is 0. The molecule has 1 amide bonds. The van der Waals surface area contributed by atoms with Crippen LogP contribution in [-0.4, -0.2) is 54.2 Å². The summed E-state index contributed by atoms with van der Waals surface area (Å²) in [4.78, 5) is 33.9. The van der Waals surface area contributed by atoms with Crippen molar-refractivity contribution in [2.45, 2.75) is 64.7 Å². The molecule has 0 spiro atoms. The van der Waals surface area contributed by atoms with Crippen molar-refractivity contribution in [1.29, 1.82) is 0 Å². The van der Waals surface area contributed by atoms with E-state index in [4.69, 9.17) is 20.2 Å². The van der Waals surface area contributed by atoms with Gasteiger partial charge in [0.15, 0.2) is 11.2 Å². The van der Waals surface area contributed by atoms with E-state index in [0.29, 0.717) is 49.1 Å². The van der Waals surface area contributed by atoms with Gasteiger partial charge in [-0.15, -0.1) is 0 Å². The van der Waals surface area contributed by atoms with Crippen molar-refractivity contribution in [3.8, 4) is 17.3 Å². The first-order valence-electron chi connectivity index (χ1n) is 11.6. The van der Waals surface area contributed by atoms with Crippen LogP contribution in [0, 0.1) is 18.8 Å². The number of ether oxygens (including phenoxy) is 2. The van der Waals surface area contributed by atoms with Crippen LogP contribution in [0.1, 0.15) is 44.9 Å². The molecule has 5 rings (SSSR count). The fourth-order valence-electron chi connectivity index (χ4n) is 5.02. The highest BCUT2D eigenvalue weighted by molar-refractivity contribution is 5.81. The summed E-state index contributed by atoms with van der Waals surface area (Å²) in [6, 6.07) is 0. The average Bonchev–Trinajstić information content (AvgIpc) is 3.45. The highest BCUT2D eigenvalue weighted by Crippen LogP contribution is 2.37. The summed E-state index contributed by atoms with van der Waals surface area (Å²) in [6.45, 7) is 5.19. The molecule has 10 heteroatoms. The fourth-order valence-corrected chi connectivity index (χ4v) is 5.02. The van der Waals surface area contributed by atoms with E-state index in [1.807, 2.05) is 18.4 Å². The fraction of sp³-hybridized carbons (Fsp3) is 0.565. The number of hydrogen-bond donors (Lipinski definition) is 1. The third-order valence-electron chi connectivity index (χ3n) is 6.80. The lowest BCUT2D eigenvalue weighted by Gasteiger charge is -2.31. The number of primary amides is 1. The zero-order valence-corrected chi connectivity index (χ0v) is 19.0. The Morgan fingerprint density at radius 2 is 2.00 bits per heavy atom. The molecule has 4 heterocycles. The maximum Gasteiger partial charge on any atom is 0.245 e. The molecular weight excluding hydrogens is 422 g/mol. The van der Waals surface area contributed by atoms with Crippen LogP contribution in [0.5, 0.6) is 5.88 Å². The van der Waals surface area contributed by atoms with Crippen molar-refractivity contribution < 1.29 is 14.3 Å². The Morgan fingerprint density at radius 1 is 1.18 bits per heavy atom. The molecule has 1 saturated heterocycles. The van der Waals surface area contributed by atoms with Crippen LogP contribution in [-0.2, 0) is 16.1 Å². The normalized spacial score (nSPS) is 25.4. The molecule has 1 saturated carbocycles. The van der Waals surface area contributed by atoms with Crippen LogP contribution >= 0.6 is 0 Å². The first-order chi connectivity index (χ1) is 16.0. The predicted molar refractivity (Wildman–Crippen MR) is 120 cm³/mol. The molecule has 0 radical (unpaired) electrons. The molecule has 4 atom stereocenters. The van der Waals surface area contributed by atoms with Gasteiger partial charge >= 0.3 is 0 Å². The number of carbonyl (C=O) groups excluding carboxylic acids is 1. The van der Waals surface area contributed by atoms with E-state index in [0.717, 1.165) is 36.3 Å². The first-order valence-corrected chi connectivity index (χ1v) is 11.6. The van der Waals surface area contributed by atoms with Crippen LogP contribution in [0.25, 0.3) is 22.6 Å². The maximum atomic E-state index is 11.6. The number of carbonyl (C=O) groups is 1. The molecule has 2 fully saturated rings. The smallest absolute Gasteiger partial charge is 0.245 e. The highest BCUT2D eigenvalue weighted by atomic mass is 16.5. The molecule has 3 aromatic heterocycles. The number of nitrogens with two attached hydrogens (primary N) is 1. The van der Waals surface area contributed by atoms with Crippen LogP contribution < -0.4 is 10.5 Å². The van der Waals surface area contributed by atoms with Gasteiger partial charge in [0.1, 0.15) is 24.1 Å². The standard InChI is InChI=1S/C23H29N7O3/c1-3-30-21(16-10-25-13(2)26-11-16)29-19-22(30)27-12-28-23(19)33-17-5-4-14(8-17)18-9-15(20(24)31)6-7-32-18/h10-12,14-15,17-18H,3-9H2,1-2H3,(H2,24,31)/t14-,15?,17-,18?/m1/s1. The summed E-state index contributed by atoms with van der Waals surface area (Å²) in [5.41, 5.74) is 7.73. The summed E-state index contributed by atoms with van der Waals surface area (Å²) in [5.74, 6) is 1.98. The number of aromatic nitrogens is 6. The first kappa shape index (κ1) is 21.7. The molecule has 1 aliphatic carbocycles. The van der Waals surface area contributed by atoms with Gasteiger partial charge in [0, 0.05) is 31.5 Å². The summed E-state index contributed by atoms with van der Waals surface area (Å²) in [6.07, 6.45) is 9.31. The summed E-state index contributed by atoms with van der Waals surface area (Å²) in [5, 5.41) is 0. The van der Waals surface area contributed by atoms with Gasteiger partial charge in [0.05, 0.1) is 11.7 Å². The molecule has 0 aromatic carbocycles. The molecule has 33 heavy (non-hydrogen) atoms. The lowest BCUT2D eigenvalue weighted by Crippen LogP contribution is -2.37. The third-order valence-corrected chi connectivity index (χ3v) is 6.80. The molecule has 3 aromatic rings. The number of imidazole rings is 1. The van der Waals surface area contributed by atoms with Crippen LogP contribution in [0.4, 0.5) is 0 Å². The van der Waals surface area contributed by atoms with E-state index in [-0.39, 0.29) is 24.0 Å². The van der Waals surface area contributed by atoms with Crippen LogP contribution in [0.2, 0.25) is 0 Å². The Bertz CT molecular complexity index is 1150. The van der Waals surface area contributed by atoms with Gasteiger partial charge in [0.2, 0.25) is 11.8 Å². The van der Waals surface area contributed by atoms with Gasteiger partial charge in [-0.3, -0.25) is 4.79 Å². The van der Waals surface area contributed by atoms with Gasteiger partial charge in [-0.05, 0) is 51.9 Å². The Hall–Kier alpha value is -3.14. The second kappa shape index (κ2) is 9.01. The summed E-state index contributed by atoms with van der Waals surface area (Å²) in [7, 11) is 0. The van der Waals surface area contributed by atoms with E-state index in [1.54, 1.807) is 12.4 Å². The Balaban J connectivity index is 1.35. The second-order valence-corrected chi connectivity index (χ2v) is 8.90. The number of amides is 1. The van der Waals surface area contributed by atoms with Gasteiger partial charge < -0.3 is 19.8 Å². The van der Waals surface area contributed by atoms with E-state index in [9.17, 15) is 4.79 Å². The van der Waals surface area contributed by atoms with Crippen LogP contribution in [0.15, 0.2) is 18.7 Å². The monoisotopic (exact) mass is 451 g/mol. The van der Waals surface area contributed by atoms with E-state index >= 15 is 0 Å². The third kappa shape index (κ3) is 4.27. The van der Waals surface area contributed by atoms with E-state index in [2.05, 4.69) is 19.9 Å². The van der Waals surface area contributed by atoms with Crippen molar-refractivity contribution in [2.24, 2.45) is 17.6 Å². The molecule has 10 nitrogen and oxygen atoms in total. The molecule has 2 N–H and O–H groups in total. The number of aryl methyl sites for hydroxylation is 2. The Morgan fingerprint density at radius 3 is 2.76 bits per heavy atom. The largest absolute Gasteiger partial charge is 0.473 e. The van der Waals surface area contributed by atoms with Crippen LogP contribution in [0.3, 0.4) is 0 Å². The van der Waals surface area contributed by atoms with Crippen molar-refractivity contribution in [1.82, 2.24) is 29.5 Å². The number of hydrogen-bond acceptors (Lipinski definition) is 8. The zero-order valence-electron chi connectivity index (χ0n) is 19.0. The molecule has 0 bridgehead atoms. The van der Waals surface area contributed by atoms with Crippen molar-refractivity contribution in [3.63, 3.8) is 0 Å². The zero-order chi connectivity index (χ0) is 22.9. The molecule has 1 aliphatic heterocycles. The van der Waals surface area contributed by atoms with Crippen molar-refractivity contribution in [3.05, 3.63) is 24.5 Å². The minimum Gasteiger partial charge on any atom is -0.473 e. The molecular formula is C23H29N7O3. The summed E-state index contributed by atoms with van der Waals surface area (Å²) < 4.78 is 14.4. The highest BCUT2D eigenvalue weighted by Gasteiger charge is 2.37. The van der Waals surface area contributed by atoms with E-state index < -0.39 is 0 Å². The van der Waals surface area contributed by atoms with Gasteiger partial charge in [0.25, 0.3) is 0 Å². The lowest BCUT2D eigenvalue weighted by molar-refractivity contribution is -0.128. The minimum absolute atomic E-state index is 0.0172. The molecule has 2 aliphatic rings. The van der Waals surface area contributed by atoms with Gasteiger partial charge in [-0.1, -0.05) is 0 Å². The van der Waals surface area contributed by atoms with Gasteiger partial charge in [-0.2, -0.15) is 4.98 Å². The van der Waals surface area contributed by atoms with E-state index in [1.165, 1.54) is 6.33 Å². The average molecular weight is 452 g/mol. The number of fused-ring (bicyclic) bond motifs is 1. The quantitative estimate of drug-likeness (QED) is 0.605. The Labute approximate surface area is 192 Å². The molecule has 2 unspecified atom stereocenters.